The molecule has 2 aromatic heterocycles. The summed E-state index contributed by atoms with van der Waals surface area (Å²) in [6, 6.07) is 16.0. The molecule has 4 rings (SSSR count). The number of carbonyl (C=O) groups excluding carboxylic acids is 1. The zero-order valence-corrected chi connectivity index (χ0v) is 17.7. The van der Waals surface area contributed by atoms with Crippen LogP contribution in [-0.2, 0) is 4.79 Å². The summed E-state index contributed by atoms with van der Waals surface area (Å²) < 4.78 is 42.0. The topological polar surface area (TPSA) is 90.8 Å². The second kappa shape index (κ2) is 9.21. The van der Waals surface area contributed by atoms with Crippen molar-refractivity contribution >= 4 is 45.0 Å². The Morgan fingerprint density at radius 2 is 1.76 bits per heavy atom. The third kappa shape index (κ3) is 5.07. The number of hydrogen-bond donors (Lipinski definition) is 3. The molecular weight excluding hydrogens is 451 g/mol. The van der Waals surface area contributed by atoms with E-state index in [1.54, 1.807) is 60.9 Å². The number of hydrogen-bond acceptors (Lipinski definition) is 6. The van der Waals surface area contributed by atoms with Crippen LogP contribution in [0.1, 0.15) is 0 Å². The molecule has 2 aromatic carbocycles. The van der Waals surface area contributed by atoms with Gasteiger partial charge in [-0.1, -0.05) is 30.3 Å². The lowest BCUT2D eigenvalue weighted by Gasteiger charge is -2.17. The van der Waals surface area contributed by atoms with Crippen LogP contribution in [-0.4, -0.2) is 28.3 Å². The Morgan fingerprint density at radius 1 is 1.00 bits per heavy atom. The van der Waals surface area contributed by atoms with Crippen LogP contribution >= 0.6 is 11.3 Å². The molecule has 0 unspecified atom stereocenters. The molecule has 0 aliphatic carbocycles. The fourth-order valence-corrected chi connectivity index (χ4v) is 3.97. The summed E-state index contributed by atoms with van der Waals surface area (Å²) in [6.45, 7) is 0. The summed E-state index contributed by atoms with van der Waals surface area (Å²) in [7, 11) is 0. The summed E-state index contributed by atoms with van der Waals surface area (Å²) in [5, 5.41) is 12.8. The number of para-hydroxylation sites is 1. The molecule has 0 fully saturated rings. The number of amides is 1. The number of fused-ring (bicyclic) bond motifs is 1. The van der Waals surface area contributed by atoms with Gasteiger partial charge in [0.2, 0.25) is 0 Å². The fourth-order valence-electron chi connectivity index (χ4n) is 3.04. The Morgan fingerprint density at radius 3 is 2.45 bits per heavy atom. The van der Waals surface area contributed by atoms with Gasteiger partial charge in [-0.25, -0.2) is 4.98 Å². The van der Waals surface area contributed by atoms with Crippen molar-refractivity contribution in [2.45, 2.75) is 6.18 Å². The quantitative estimate of drug-likeness (QED) is 0.244. The minimum Gasteiger partial charge on any atom is -0.351 e. The number of nitrogens with zero attached hydrogens (tertiary/aromatic N) is 2. The number of carbonyl (C=O) groups is 1. The first-order valence-electron chi connectivity index (χ1n) is 9.61. The molecule has 10 heteroatoms. The van der Waals surface area contributed by atoms with Crippen molar-refractivity contribution in [1.29, 1.82) is 5.41 Å². The molecular formula is C23H16F3N5OS. The highest BCUT2D eigenvalue weighted by Crippen LogP contribution is 2.32. The Hall–Kier alpha value is -4.05. The van der Waals surface area contributed by atoms with Gasteiger partial charge in [0, 0.05) is 35.5 Å². The van der Waals surface area contributed by atoms with Crippen molar-refractivity contribution in [3.8, 4) is 10.6 Å². The van der Waals surface area contributed by atoms with Gasteiger partial charge < -0.3 is 16.0 Å². The molecule has 33 heavy (non-hydrogen) atoms. The minimum absolute atomic E-state index is 0.143. The molecule has 4 aromatic rings. The summed E-state index contributed by atoms with van der Waals surface area (Å²) >= 11 is 1.41. The van der Waals surface area contributed by atoms with E-state index in [2.05, 4.69) is 20.6 Å². The van der Waals surface area contributed by atoms with E-state index < -0.39 is 23.4 Å². The zero-order valence-electron chi connectivity index (χ0n) is 16.9. The molecule has 1 amide bonds. The monoisotopic (exact) mass is 467 g/mol. The molecule has 2 heterocycles. The van der Waals surface area contributed by atoms with E-state index >= 15 is 0 Å². The molecule has 0 aliphatic heterocycles. The molecule has 0 spiro atoms. The number of thiazole rings is 1. The van der Waals surface area contributed by atoms with Crippen LogP contribution in [0.3, 0.4) is 0 Å². The van der Waals surface area contributed by atoms with Crippen LogP contribution in [0.2, 0.25) is 0 Å². The Kier molecular flexibility index (Phi) is 6.18. The van der Waals surface area contributed by atoms with Gasteiger partial charge >= 0.3 is 6.18 Å². The first-order chi connectivity index (χ1) is 15.8. The van der Waals surface area contributed by atoms with E-state index in [0.717, 1.165) is 10.2 Å². The maximum atomic E-state index is 13.7. The molecule has 3 N–H and O–H groups in total. The SMILES string of the molecule is N=C/C(C(=O)Nc1cccc(-c2nc3ccncc3s2)c1)=C(\Nc1ccccc1)C(F)(F)F. The minimum atomic E-state index is -4.88. The van der Waals surface area contributed by atoms with E-state index in [4.69, 9.17) is 5.41 Å². The molecule has 6 nitrogen and oxygen atoms in total. The van der Waals surface area contributed by atoms with Crippen molar-refractivity contribution in [2.75, 3.05) is 10.6 Å². The predicted octanol–water partition coefficient (Wildman–Crippen LogP) is 5.87. The van der Waals surface area contributed by atoms with Crippen LogP contribution in [0.4, 0.5) is 24.5 Å². The van der Waals surface area contributed by atoms with Gasteiger partial charge in [-0.3, -0.25) is 9.78 Å². The second-order valence-electron chi connectivity index (χ2n) is 6.82. The summed E-state index contributed by atoms with van der Waals surface area (Å²) in [6.07, 6.45) is -1.16. The Balaban J connectivity index is 1.64. The van der Waals surface area contributed by atoms with E-state index in [1.165, 1.54) is 23.5 Å². The van der Waals surface area contributed by atoms with Crippen molar-refractivity contribution in [1.82, 2.24) is 9.97 Å². The maximum absolute atomic E-state index is 13.7. The Labute approximate surface area is 190 Å². The number of pyridine rings is 1. The molecule has 0 radical (unpaired) electrons. The fraction of sp³-hybridized carbons (Fsp3) is 0.0435. The van der Waals surface area contributed by atoms with Crippen molar-refractivity contribution in [3.63, 3.8) is 0 Å². The normalized spacial score (nSPS) is 12.2. The van der Waals surface area contributed by atoms with Crippen LogP contribution in [0.5, 0.6) is 0 Å². The first-order valence-corrected chi connectivity index (χ1v) is 10.4. The summed E-state index contributed by atoms with van der Waals surface area (Å²) in [5.74, 6) is -1.06. The highest BCUT2D eigenvalue weighted by Gasteiger charge is 2.38. The standard InChI is InChI=1S/C23H16F3N5OS/c24-23(25,26)20(29-15-6-2-1-3-7-15)17(12-27)21(32)30-16-8-4-5-14(11-16)22-31-18-9-10-28-13-19(18)33-22/h1-13,27,29H,(H,30,32)/b20-17+,27-12?. The lowest BCUT2D eigenvalue weighted by molar-refractivity contribution is -0.114. The highest BCUT2D eigenvalue weighted by molar-refractivity contribution is 7.21. The molecule has 0 aliphatic rings. The number of rotatable bonds is 6. The third-order valence-corrected chi connectivity index (χ3v) is 5.60. The number of benzene rings is 2. The molecule has 0 atom stereocenters. The van der Waals surface area contributed by atoms with Crippen molar-refractivity contribution < 1.29 is 18.0 Å². The van der Waals surface area contributed by atoms with Crippen molar-refractivity contribution in [2.24, 2.45) is 0 Å². The number of nitrogens with one attached hydrogen (secondary N) is 3. The maximum Gasteiger partial charge on any atom is 0.432 e. The summed E-state index contributed by atoms with van der Waals surface area (Å²) in [5.41, 5.74) is -0.290. The highest BCUT2D eigenvalue weighted by atomic mass is 32.1. The van der Waals surface area contributed by atoms with Gasteiger partial charge in [0.05, 0.1) is 15.8 Å². The zero-order chi connectivity index (χ0) is 23.4. The van der Waals surface area contributed by atoms with Crippen LogP contribution < -0.4 is 10.6 Å². The lowest BCUT2D eigenvalue weighted by Crippen LogP contribution is -2.27. The molecule has 0 saturated heterocycles. The average Bonchev–Trinajstić information content (AvgIpc) is 3.24. The Bertz CT molecular complexity index is 1320. The van der Waals surface area contributed by atoms with Crippen LogP contribution in [0.15, 0.2) is 84.3 Å². The van der Waals surface area contributed by atoms with Crippen molar-refractivity contribution in [3.05, 3.63) is 84.3 Å². The van der Waals surface area contributed by atoms with E-state index in [9.17, 15) is 18.0 Å². The molecule has 0 bridgehead atoms. The van der Waals surface area contributed by atoms with Gasteiger partial charge in [-0.2, -0.15) is 13.2 Å². The summed E-state index contributed by atoms with van der Waals surface area (Å²) in [4.78, 5) is 21.3. The van der Waals surface area contributed by atoms with Gasteiger partial charge in [0.15, 0.2) is 0 Å². The largest absolute Gasteiger partial charge is 0.432 e. The molecule has 0 saturated carbocycles. The number of allylic oxidation sites excluding steroid dienone is 1. The van der Waals surface area contributed by atoms with Gasteiger partial charge in [0.25, 0.3) is 5.91 Å². The average molecular weight is 467 g/mol. The van der Waals surface area contributed by atoms with Crippen LogP contribution in [0, 0.1) is 5.41 Å². The lowest BCUT2D eigenvalue weighted by atomic mass is 10.1. The van der Waals surface area contributed by atoms with Gasteiger partial charge in [-0.15, -0.1) is 11.3 Å². The predicted molar refractivity (Wildman–Crippen MR) is 123 cm³/mol. The van der Waals surface area contributed by atoms with E-state index in [1.807, 2.05) is 0 Å². The third-order valence-electron chi connectivity index (χ3n) is 4.54. The second-order valence-corrected chi connectivity index (χ2v) is 7.85. The number of alkyl halides is 3. The molecule has 166 valence electrons. The van der Waals surface area contributed by atoms with E-state index in [0.29, 0.717) is 16.8 Å². The number of aromatic nitrogens is 2. The van der Waals surface area contributed by atoms with Crippen LogP contribution in [0.25, 0.3) is 20.8 Å². The first kappa shape index (κ1) is 22.2. The smallest absolute Gasteiger partial charge is 0.351 e. The van der Waals surface area contributed by atoms with E-state index in [-0.39, 0.29) is 11.4 Å². The number of halogens is 3. The van der Waals surface area contributed by atoms with Gasteiger partial charge in [0.1, 0.15) is 10.7 Å². The van der Waals surface area contributed by atoms with Gasteiger partial charge in [-0.05, 0) is 30.3 Å². The number of anilines is 2.